The molecule has 3 nitrogen and oxygen atoms in total. The summed E-state index contributed by atoms with van der Waals surface area (Å²) in [7, 11) is 4.05. The third kappa shape index (κ3) is 2.33. The van der Waals surface area contributed by atoms with Gasteiger partial charge < -0.3 is 16.4 Å². The molecule has 2 rings (SSSR count). The molecule has 3 heteroatoms. The van der Waals surface area contributed by atoms with Crippen LogP contribution in [0, 0.1) is 0 Å². The van der Waals surface area contributed by atoms with Crippen molar-refractivity contribution in [2.24, 2.45) is 0 Å². The highest BCUT2D eigenvalue weighted by Gasteiger charge is 2.01. The lowest BCUT2D eigenvalue weighted by Gasteiger charge is -2.13. The smallest absolute Gasteiger partial charge is 0.0554 e. The summed E-state index contributed by atoms with van der Waals surface area (Å²) in [6, 6.07) is 14.1. The minimum Gasteiger partial charge on any atom is -0.397 e. The Kier molecular flexibility index (Phi) is 2.91. The first kappa shape index (κ1) is 11.3. The van der Waals surface area contributed by atoms with Crippen molar-refractivity contribution in [1.82, 2.24) is 0 Å². The van der Waals surface area contributed by atoms with Gasteiger partial charge >= 0.3 is 0 Å². The molecule has 0 amide bonds. The molecule has 0 unspecified atom stereocenters. The Bertz CT molecular complexity index is 515. The summed E-state index contributed by atoms with van der Waals surface area (Å²) in [5.74, 6) is 0. The van der Waals surface area contributed by atoms with Crippen molar-refractivity contribution in [3.05, 3.63) is 42.5 Å². The average molecular weight is 227 g/mol. The van der Waals surface area contributed by atoms with E-state index in [-0.39, 0.29) is 0 Å². The zero-order chi connectivity index (χ0) is 12.4. The van der Waals surface area contributed by atoms with Crippen LogP contribution >= 0.6 is 0 Å². The van der Waals surface area contributed by atoms with Crippen molar-refractivity contribution < 1.29 is 0 Å². The molecule has 88 valence electrons. The van der Waals surface area contributed by atoms with Crippen molar-refractivity contribution in [1.29, 1.82) is 0 Å². The van der Waals surface area contributed by atoms with Crippen molar-refractivity contribution >= 4 is 17.1 Å². The Morgan fingerprint density at radius 1 is 0.765 bits per heavy atom. The fourth-order valence-electron chi connectivity index (χ4n) is 1.71. The van der Waals surface area contributed by atoms with Gasteiger partial charge in [-0.1, -0.05) is 18.2 Å². The van der Waals surface area contributed by atoms with Crippen LogP contribution in [0.25, 0.3) is 11.1 Å². The van der Waals surface area contributed by atoms with Gasteiger partial charge in [-0.05, 0) is 35.4 Å². The van der Waals surface area contributed by atoms with Crippen LogP contribution in [0.2, 0.25) is 0 Å². The fraction of sp³-hybridized carbons (Fsp3) is 0.143. The minimum absolute atomic E-state index is 0.624. The molecule has 0 aliphatic heterocycles. The minimum atomic E-state index is 0.624. The normalized spacial score (nSPS) is 10.2. The monoisotopic (exact) mass is 227 g/mol. The van der Waals surface area contributed by atoms with Crippen molar-refractivity contribution in [3.8, 4) is 11.1 Å². The van der Waals surface area contributed by atoms with Crippen molar-refractivity contribution in [2.75, 3.05) is 30.5 Å². The van der Waals surface area contributed by atoms with E-state index in [1.807, 2.05) is 32.3 Å². The molecule has 0 aromatic heterocycles. The molecule has 0 radical (unpaired) electrons. The first-order chi connectivity index (χ1) is 8.08. The van der Waals surface area contributed by atoms with Gasteiger partial charge in [0.1, 0.15) is 0 Å². The Labute approximate surface area is 102 Å². The Morgan fingerprint density at radius 2 is 1.35 bits per heavy atom. The van der Waals surface area contributed by atoms with E-state index >= 15 is 0 Å². The zero-order valence-corrected chi connectivity index (χ0v) is 10.1. The maximum absolute atomic E-state index is 5.80. The van der Waals surface area contributed by atoms with Crippen LogP contribution in [0.1, 0.15) is 0 Å². The van der Waals surface area contributed by atoms with Gasteiger partial charge in [0.05, 0.1) is 11.4 Å². The zero-order valence-electron chi connectivity index (χ0n) is 10.1. The van der Waals surface area contributed by atoms with Gasteiger partial charge in [-0.15, -0.1) is 0 Å². The number of anilines is 3. The maximum Gasteiger partial charge on any atom is 0.0554 e. The predicted octanol–water partition coefficient (Wildman–Crippen LogP) is 2.58. The number of hydrogen-bond donors (Lipinski definition) is 2. The maximum atomic E-state index is 5.80. The van der Waals surface area contributed by atoms with E-state index in [1.165, 1.54) is 5.69 Å². The standard InChI is InChI=1S/C14H17N3/c1-17(2)12-6-3-10(4-7-12)11-5-8-13(15)14(16)9-11/h3-9H,15-16H2,1-2H3. The summed E-state index contributed by atoms with van der Waals surface area (Å²) in [5.41, 5.74) is 16.2. The van der Waals surface area contributed by atoms with Crippen molar-refractivity contribution in [3.63, 3.8) is 0 Å². The third-order valence-electron chi connectivity index (χ3n) is 2.80. The molecule has 0 heterocycles. The largest absolute Gasteiger partial charge is 0.397 e. The molecular formula is C14H17N3. The molecule has 4 N–H and O–H groups in total. The molecule has 0 aliphatic carbocycles. The Hall–Kier alpha value is -2.16. The summed E-state index contributed by atoms with van der Waals surface area (Å²) < 4.78 is 0. The summed E-state index contributed by atoms with van der Waals surface area (Å²) in [6.45, 7) is 0. The van der Waals surface area contributed by atoms with Crippen LogP contribution in [0.3, 0.4) is 0 Å². The molecule has 17 heavy (non-hydrogen) atoms. The van der Waals surface area contributed by atoms with E-state index < -0.39 is 0 Å². The van der Waals surface area contributed by atoms with Gasteiger partial charge in [-0.25, -0.2) is 0 Å². The van der Waals surface area contributed by atoms with Crippen molar-refractivity contribution in [2.45, 2.75) is 0 Å². The molecule has 0 saturated carbocycles. The van der Waals surface area contributed by atoms with E-state index in [0.29, 0.717) is 11.4 Å². The van der Waals surface area contributed by atoms with E-state index in [4.69, 9.17) is 11.5 Å². The van der Waals surface area contributed by atoms with Gasteiger partial charge in [-0.3, -0.25) is 0 Å². The Morgan fingerprint density at radius 3 is 1.88 bits per heavy atom. The molecule has 0 aliphatic rings. The molecule has 0 fully saturated rings. The highest BCUT2D eigenvalue weighted by molar-refractivity contribution is 5.75. The van der Waals surface area contributed by atoms with Crippen LogP contribution in [0.15, 0.2) is 42.5 Å². The fourth-order valence-corrected chi connectivity index (χ4v) is 1.71. The summed E-state index contributed by atoms with van der Waals surface area (Å²) >= 11 is 0. The second-order valence-electron chi connectivity index (χ2n) is 4.28. The second-order valence-corrected chi connectivity index (χ2v) is 4.28. The average Bonchev–Trinajstić information content (AvgIpc) is 2.33. The highest BCUT2D eigenvalue weighted by atomic mass is 15.1. The second kappa shape index (κ2) is 4.37. The van der Waals surface area contributed by atoms with Crippen LogP contribution in [-0.4, -0.2) is 14.1 Å². The highest BCUT2D eigenvalue weighted by Crippen LogP contribution is 2.26. The Balaban J connectivity index is 2.36. The van der Waals surface area contributed by atoms with Gasteiger partial charge in [-0.2, -0.15) is 0 Å². The van der Waals surface area contributed by atoms with Gasteiger partial charge in [0.15, 0.2) is 0 Å². The summed E-state index contributed by atoms with van der Waals surface area (Å²) in [5, 5.41) is 0. The number of hydrogen-bond acceptors (Lipinski definition) is 3. The van der Waals surface area contributed by atoms with Crippen LogP contribution in [-0.2, 0) is 0 Å². The molecular weight excluding hydrogens is 210 g/mol. The van der Waals surface area contributed by atoms with Gasteiger partial charge in [0.2, 0.25) is 0 Å². The number of nitrogen functional groups attached to an aromatic ring is 2. The van der Waals surface area contributed by atoms with Gasteiger partial charge in [0, 0.05) is 19.8 Å². The van der Waals surface area contributed by atoms with E-state index in [1.54, 1.807) is 0 Å². The molecule has 0 bridgehead atoms. The molecule has 2 aromatic rings. The van der Waals surface area contributed by atoms with Crippen LogP contribution in [0.5, 0.6) is 0 Å². The summed E-state index contributed by atoms with van der Waals surface area (Å²) in [4.78, 5) is 2.07. The number of nitrogens with zero attached hydrogens (tertiary/aromatic N) is 1. The van der Waals surface area contributed by atoms with Crippen LogP contribution < -0.4 is 16.4 Å². The van der Waals surface area contributed by atoms with E-state index in [9.17, 15) is 0 Å². The lowest BCUT2D eigenvalue weighted by Crippen LogP contribution is -2.07. The molecule has 0 saturated heterocycles. The molecule has 2 aromatic carbocycles. The topological polar surface area (TPSA) is 55.3 Å². The SMILES string of the molecule is CN(C)c1ccc(-c2ccc(N)c(N)c2)cc1. The lowest BCUT2D eigenvalue weighted by atomic mass is 10.0. The van der Waals surface area contributed by atoms with E-state index in [2.05, 4.69) is 29.2 Å². The van der Waals surface area contributed by atoms with Crippen LogP contribution in [0.4, 0.5) is 17.1 Å². The third-order valence-corrected chi connectivity index (χ3v) is 2.80. The van der Waals surface area contributed by atoms with E-state index in [0.717, 1.165) is 11.1 Å². The van der Waals surface area contributed by atoms with Gasteiger partial charge in [0.25, 0.3) is 0 Å². The number of rotatable bonds is 2. The molecule has 0 spiro atoms. The first-order valence-electron chi connectivity index (χ1n) is 5.50. The predicted molar refractivity (Wildman–Crippen MR) is 75.0 cm³/mol. The quantitative estimate of drug-likeness (QED) is 0.775. The first-order valence-corrected chi connectivity index (χ1v) is 5.50. The lowest BCUT2D eigenvalue weighted by molar-refractivity contribution is 1.13. The number of nitrogens with two attached hydrogens (primary N) is 2. The number of benzene rings is 2. The molecule has 0 atom stereocenters. The summed E-state index contributed by atoms with van der Waals surface area (Å²) in [6.07, 6.45) is 0.